The largest absolute Gasteiger partial charge is 0.321 e. The van der Waals surface area contributed by atoms with E-state index in [2.05, 4.69) is 6.08 Å². The zero-order valence-corrected chi connectivity index (χ0v) is 9.67. The average Bonchev–Trinajstić information content (AvgIpc) is 2.29. The molecular weight excluding hydrogens is 201 g/mol. The van der Waals surface area contributed by atoms with Gasteiger partial charge in [0.15, 0.2) is 0 Å². The van der Waals surface area contributed by atoms with E-state index >= 15 is 0 Å². The third-order valence-electron chi connectivity index (χ3n) is 3.29. The molecule has 86 valence electrons. The standard InChI is InChI=1S/C14H18FN/c1-10-9-12(15)7-8-13(10)14(16)11-5-3-2-4-6-11/h5,7-9,14H,2-4,6,16H2,1H3. The van der Waals surface area contributed by atoms with Crippen molar-refractivity contribution in [3.63, 3.8) is 0 Å². The second-order valence-corrected chi connectivity index (χ2v) is 4.50. The summed E-state index contributed by atoms with van der Waals surface area (Å²) in [6.45, 7) is 1.92. The van der Waals surface area contributed by atoms with Crippen molar-refractivity contribution in [1.29, 1.82) is 0 Å². The number of rotatable bonds is 2. The van der Waals surface area contributed by atoms with E-state index in [-0.39, 0.29) is 11.9 Å². The van der Waals surface area contributed by atoms with Crippen LogP contribution in [0.2, 0.25) is 0 Å². The molecule has 0 bridgehead atoms. The first kappa shape index (κ1) is 11.3. The summed E-state index contributed by atoms with van der Waals surface area (Å²) >= 11 is 0. The number of halogens is 1. The summed E-state index contributed by atoms with van der Waals surface area (Å²) in [6, 6.07) is 4.80. The van der Waals surface area contributed by atoms with Crippen molar-refractivity contribution in [3.05, 3.63) is 46.8 Å². The van der Waals surface area contributed by atoms with Gasteiger partial charge in [0, 0.05) is 0 Å². The first-order valence-corrected chi connectivity index (χ1v) is 5.89. The highest BCUT2D eigenvalue weighted by Gasteiger charge is 2.15. The highest BCUT2D eigenvalue weighted by atomic mass is 19.1. The average molecular weight is 219 g/mol. The van der Waals surface area contributed by atoms with Crippen LogP contribution < -0.4 is 5.73 Å². The Balaban J connectivity index is 2.26. The van der Waals surface area contributed by atoms with Gasteiger partial charge in [0.25, 0.3) is 0 Å². The Labute approximate surface area is 96.2 Å². The van der Waals surface area contributed by atoms with Crippen LogP contribution in [-0.2, 0) is 0 Å². The Bertz CT molecular complexity index is 409. The number of nitrogens with two attached hydrogens (primary N) is 1. The topological polar surface area (TPSA) is 26.0 Å². The summed E-state index contributed by atoms with van der Waals surface area (Å²) in [7, 11) is 0. The maximum atomic E-state index is 13.0. The molecule has 16 heavy (non-hydrogen) atoms. The van der Waals surface area contributed by atoms with E-state index in [0.717, 1.165) is 24.0 Å². The number of aryl methyl sites for hydroxylation is 1. The van der Waals surface area contributed by atoms with Crippen LogP contribution in [0.15, 0.2) is 29.8 Å². The molecule has 2 N–H and O–H groups in total. The SMILES string of the molecule is Cc1cc(F)ccc1C(N)C1=CCCCC1. The Morgan fingerprint density at radius 2 is 2.12 bits per heavy atom. The Morgan fingerprint density at radius 1 is 1.31 bits per heavy atom. The normalized spacial score (nSPS) is 18.1. The molecule has 0 amide bonds. The molecule has 1 aliphatic carbocycles. The molecule has 1 atom stereocenters. The van der Waals surface area contributed by atoms with Crippen LogP contribution in [-0.4, -0.2) is 0 Å². The summed E-state index contributed by atoms with van der Waals surface area (Å²) in [5.41, 5.74) is 9.53. The van der Waals surface area contributed by atoms with Gasteiger partial charge in [-0.25, -0.2) is 4.39 Å². The van der Waals surface area contributed by atoms with Gasteiger partial charge in [-0.1, -0.05) is 17.7 Å². The van der Waals surface area contributed by atoms with Crippen LogP contribution in [0.25, 0.3) is 0 Å². The summed E-state index contributed by atoms with van der Waals surface area (Å²) < 4.78 is 13.0. The lowest BCUT2D eigenvalue weighted by Crippen LogP contribution is -2.16. The molecule has 1 nitrogen and oxygen atoms in total. The van der Waals surface area contributed by atoms with Gasteiger partial charge < -0.3 is 5.73 Å². The van der Waals surface area contributed by atoms with Gasteiger partial charge in [0.2, 0.25) is 0 Å². The summed E-state index contributed by atoms with van der Waals surface area (Å²) in [4.78, 5) is 0. The predicted octanol–water partition coefficient (Wildman–Crippen LogP) is 3.63. The highest BCUT2D eigenvalue weighted by Crippen LogP contribution is 2.29. The lowest BCUT2D eigenvalue weighted by Gasteiger charge is -2.21. The van der Waals surface area contributed by atoms with E-state index < -0.39 is 0 Å². The van der Waals surface area contributed by atoms with Gasteiger partial charge >= 0.3 is 0 Å². The summed E-state index contributed by atoms with van der Waals surface area (Å²) in [5.74, 6) is -0.189. The minimum Gasteiger partial charge on any atom is -0.321 e. The summed E-state index contributed by atoms with van der Waals surface area (Å²) in [6.07, 6.45) is 6.94. The van der Waals surface area contributed by atoms with E-state index in [0.29, 0.717) is 0 Å². The van der Waals surface area contributed by atoms with Crippen molar-refractivity contribution in [1.82, 2.24) is 0 Å². The lowest BCUT2D eigenvalue weighted by atomic mass is 9.89. The molecule has 0 spiro atoms. The molecule has 1 unspecified atom stereocenters. The minimum atomic E-state index is -0.189. The molecule has 0 heterocycles. The molecule has 1 aliphatic rings. The number of hydrogen-bond acceptors (Lipinski definition) is 1. The van der Waals surface area contributed by atoms with Gasteiger partial charge in [0.05, 0.1) is 6.04 Å². The Kier molecular flexibility index (Phi) is 3.39. The molecule has 0 aliphatic heterocycles. The van der Waals surface area contributed by atoms with Crippen LogP contribution in [0.5, 0.6) is 0 Å². The first-order valence-electron chi connectivity index (χ1n) is 5.89. The maximum absolute atomic E-state index is 13.0. The van der Waals surface area contributed by atoms with Crippen molar-refractivity contribution in [2.75, 3.05) is 0 Å². The van der Waals surface area contributed by atoms with Gasteiger partial charge in [0.1, 0.15) is 5.82 Å². The molecule has 0 saturated carbocycles. The van der Waals surface area contributed by atoms with Crippen LogP contribution in [0, 0.1) is 12.7 Å². The molecule has 0 aromatic heterocycles. The lowest BCUT2D eigenvalue weighted by molar-refractivity contribution is 0.620. The van der Waals surface area contributed by atoms with E-state index in [9.17, 15) is 4.39 Å². The van der Waals surface area contributed by atoms with Crippen LogP contribution in [0.4, 0.5) is 4.39 Å². The van der Waals surface area contributed by atoms with Gasteiger partial charge in [-0.3, -0.25) is 0 Å². The predicted molar refractivity (Wildman–Crippen MR) is 64.6 cm³/mol. The van der Waals surface area contributed by atoms with Gasteiger partial charge in [-0.2, -0.15) is 0 Å². The second-order valence-electron chi connectivity index (χ2n) is 4.50. The zero-order chi connectivity index (χ0) is 11.5. The van der Waals surface area contributed by atoms with Crippen molar-refractivity contribution in [2.45, 2.75) is 38.6 Å². The second kappa shape index (κ2) is 4.79. The third kappa shape index (κ3) is 2.33. The van der Waals surface area contributed by atoms with E-state index in [4.69, 9.17) is 5.73 Å². The van der Waals surface area contributed by atoms with Crippen molar-refractivity contribution in [3.8, 4) is 0 Å². The molecule has 1 aromatic carbocycles. The highest BCUT2D eigenvalue weighted by molar-refractivity contribution is 5.35. The fraction of sp³-hybridized carbons (Fsp3) is 0.429. The molecule has 1 aromatic rings. The first-order chi connectivity index (χ1) is 7.68. The number of hydrogen-bond donors (Lipinski definition) is 1. The zero-order valence-electron chi connectivity index (χ0n) is 9.67. The third-order valence-corrected chi connectivity index (χ3v) is 3.29. The van der Waals surface area contributed by atoms with Gasteiger partial charge in [-0.15, -0.1) is 0 Å². The quantitative estimate of drug-likeness (QED) is 0.755. The van der Waals surface area contributed by atoms with E-state index in [1.165, 1.54) is 24.5 Å². The number of allylic oxidation sites excluding steroid dienone is 1. The van der Waals surface area contributed by atoms with Crippen LogP contribution in [0.3, 0.4) is 0 Å². The van der Waals surface area contributed by atoms with E-state index in [1.807, 2.05) is 13.0 Å². The van der Waals surface area contributed by atoms with Crippen molar-refractivity contribution in [2.24, 2.45) is 5.73 Å². The monoisotopic (exact) mass is 219 g/mol. The number of benzene rings is 1. The fourth-order valence-corrected chi connectivity index (χ4v) is 2.33. The Morgan fingerprint density at radius 3 is 2.75 bits per heavy atom. The molecule has 0 fully saturated rings. The molecule has 0 saturated heterocycles. The van der Waals surface area contributed by atoms with Crippen LogP contribution >= 0.6 is 0 Å². The fourth-order valence-electron chi connectivity index (χ4n) is 2.33. The molecule has 2 heteroatoms. The summed E-state index contributed by atoms with van der Waals surface area (Å²) in [5, 5.41) is 0. The Hall–Kier alpha value is -1.15. The maximum Gasteiger partial charge on any atom is 0.123 e. The minimum absolute atomic E-state index is 0.0547. The van der Waals surface area contributed by atoms with Gasteiger partial charge in [-0.05, 0) is 55.9 Å². The van der Waals surface area contributed by atoms with E-state index in [1.54, 1.807) is 6.07 Å². The molecule has 0 radical (unpaired) electrons. The molecule has 2 rings (SSSR count). The van der Waals surface area contributed by atoms with Crippen molar-refractivity contribution >= 4 is 0 Å². The smallest absolute Gasteiger partial charge is 0.123 e. The molecular formula is C14H18FN. The van der Waals surface area contributed by atoms with Crippen molar-refractivity contribution < 1.29 is 4.39 Å². The van der Waals surface area contributed by atoms with Crippen LogP contribution in [0.1, 0.15) is 42.9 Å².